The molecule has 1 fully saturated rings. The molecule has 18 heavy (non-hydrogen) atoms. The molecule has 3 N–H and O–H groups in total. The average molecular weight is 248 g/mol. The van der Waals surface area contributed by atoms with E-state index in [1.807, 2.05) is 6.92 Å². The second-order valence-electron chi connectivity index (χ2n) is 5.06. The summed E-state index contributed by atoms with van der Waals surface area (Å²) in [7, 11) is 0. The van der Waals surface area contributed by atoms with E-state index in [0.29, 0.717) is 0 Å². The van der Waals surface area contributed by atoms with Crippen LogP contribution in [0.15, 0.2) is 24.3 Å². The van der Waals surface area contributed by atoms with Crippen LogP contribution in [-0.2, 0) is 4.79 Å². The van der Waals surface area contributed by atoms with E-state index in [1.165, 1.54) is 16.2 Å². The van der Waals surface area contributed by atoms with Crippen molar-refractivity contribution in [3.8, 4) is 0 Å². The first-order chi connectivity index (χ1) is 8.59. The molecule has 0 aliphatic carbocycles. The minimum Gasteiger partial charge on any atom is -0.365 e. The Bertz CT molecular complexity index is 425. The largest absolute Gasteiger partial charge is 0.365 e. The Hall–Kier alpha value is -1.55. The summed E-state index contributed by atoms with van der Waals surface area (Å²) in [4.78, 5) is 14.9. The molecule has 98 valence electrons. The van der Waals surface area contributed by atoms with Gasteiger partial charge in [-0.3, -0.25) is 4.79 Å². The third-order valence-corrected chi connectivity index (χ3v) is 3.90. The van der Waals surface area contributed by atoms with Crippen LogP contribution >= 0.6 is 0 Å². The van der Waals surface area contributed by atoms with Gasteiger partial charge in [-0.15, -0.1) is 0 Å². The predicted octanol–water partition coefficient (Wildman–Crippen LogP) is -0.426. The van der Waals surface area contributed by atoms with Crippen LogP contribution in [0.25, 0.3) is 0 Å². The number of piperazine rings is 1. The number of anilines is 1. The first kappa shape index (κ1) is 12.9. The maximum Gasteiger partial charge on any atom is 0.275 e. The number of primary amides is 1. The molecule has 1 aliphatic rings. The number of hydrogen-bond donors (Lipinski definition) is 2. The van der Waals surface area contributed by atoms with Crippen LogP contribution in [-0.4, -0.2) is 38.1 Å². The highest BCUT2D eigenvalue weighted by Gasteiger charge is 2.27. The van der Waals surface area contributed by atoms with E-state index in [0.717, 1.165) is 26.2 Å². The van der Waals surface area contributed by atoms with Gasteiger partial charge in [-0.1, -0.05) is 18.2 Å². The lowest BCUT2D eigenvalue weighted by molar-refractivity contribution is -0.914. The molecule has 1 amide bonds. The van der Waals surface area contributed by atoms with Gasteiger partial charge in [0, 0.05) is 5.69 Å². The van der Waals surface area contributed by atoms with Gasteiger partial charge in [0.25, 0.3) is 5.91 Å². The normalized spacial score (nSPS) is 18.7. The Labute approximate surface area is 108 Å². The quantitative estimate of drug-likeness (QED) is 0.763. The zero-order valence-electron chi connectivity index (χ0n) is 11.1. The van der Waals surface area contributed by atoms with Crippen molar-refractivity contribution in [3.63, 3.8) is 0 Å². The molecule has 4 nitrogen and oxygen atoms in total. The van der Waals surface area contributed by atoms with Crippen LogP contribution in [0.4, 0.5) is 5.69 Å². The molecule has 1 saturated heterocycles. The second kappa shape index (κ2) is 5.40. The summed E-state index contributed by atoms with van der Waals surface area (Å²) in [6.45, 7) is 7.97. The number of hydrogen-bond acceptors (Lipinski definition) is 2. The van der Waals surface area contributed by atoms with Gasteiger partial charge in [0.05, 0.1) is 26.2 Å². The third-order valence-electron chi connectivity index (χ3n) is 3.90. The Kier molecular flexibility index (Phi) is 3.87. The van der Waals surface area contributed by atoms with Gasteiger partial charge in [-0.2, -0.15) is 0 Å². The number of aryl methyl sites for hydroxylation is 1. The summed E-state index contributed by atoms with van der Waals surface area (Å²) < 4.78 is 0. The summed E-state index contributed by atoms with van der Waals surface area (Å²) >= 11 is 0. The molecular formula is C14H22N3O+. The van der Waals surface area contributed by atoms with Crippen molar-refractivity contribution in [2.24, 2.45) is 5.73 Å². The van der Waals surface area contributed by atoms with Crippen LogP contribution in [0, 0.1) is 6.92 Å². The molecule has 0 spiro atoms. The minimum absolute atomic E-state index is 0.0796. The Morgan fingerprint density at radius 2 is 1.94 bits per heavy atom. The van der Waals surface area contributed by atoms with Crippen molar-refractivity contribution >= 4 is 11.6 Å². The maximum atomic E-state index is 11.2. The van der Waals surface area contributed by atoms with E-state index < -0.39 is 0 Å². The molecule has 1 aromatic carbocycles. The molecule has 1 aromatic rings. The number of carbonyl (C=O) groups is 1. The van der Waals surface area contributed by atoms with Gasteiger partial charge in [-0.05, 0) is 25.5 Å². The minimum atomic E-state index is -0.200. The van der Waals surface area contributed by atoms with Gasteiger partial charge in [0.2, 0.25) is 0 Å². The standard InChI is InChI=1S/C14H21N3O/c1-11-5-3-4-6-13(11)17-9-7-16(8-10-17)12(2)14(15)18/h3-6,12H,7-10H2,1-2H3,(H2,15,18)/p+1/t12-/m0/s1. The highest BCUT2D eigenvalue weighted by molar-refractivity contribution is 5.77. The van der Waals surface area contributed by atoms with E-state index in [2.05, 4.69) is 36.1 Å². The zero-order valence-corrected chi connectivity index (χ0v) is 11.1. The van der Waals surface area contributed by atoms with E-state index in [-0.39, 0.29) is 11.9 Å². The highest BCUT2D eigenvalue weighted by Crippen LogP contribution is 2.18. The lowest BCUT2D eigenvalue weighted by Gasteiger charge is -2.36. The SMILES string of the molecule is Cc1ccccc1N1CC[NH+]([C@@H](C)C(N)=O)CC1. The fourth-order valence-electron chi connectivity index (χ4n) is 2.59. The third kappa shape index (κ3) is 2.64. The molecule has 0 radical (unpaired) electrons. The van der Waals surface area contributed by atoms with Crippen molar-refractivity contribution in [2.75, 3.05) is 31.1 Å². The van der Waals surface area contributed by atoms with E-state index >= 15 is 0 Å². The topological polar surface area (TPSA) is 50.8 Å². The maximum absolute atomic E-state index is 11.2. The first-order valence-corrected chi connectivity index (χ1v) is 6.54. The number of rotatable bonds is 3. The number of quaternary nitrogens is 1. The van der Waals surface area contributed by atoms with Crippen molar-refractivity contribution in [1.82, 2.24) is 0 Å². The molecule has 1 aliphatic heterocycles. The van der Waals surface area contributed by atoms with E-state index in [9.17, 15) is 4.79 Å². The number of nitrogens with two attached hydrogens (primary N) is 1. The van der Waals surface area contributed by atoms with Gasteiger partial charge >= 0.3 is 0 Å². The fraction of sp³-hybridized carbons (Fsp3) is 0.500. The molecule has 0 aromatic heterocycles. The number of benzene rings is 1. The Morgan fingerprint density at radius 1 is 1.33 bits per heavy atom. The molecule has 4 heteroatoms. The summed E-state index contributed by atoms with van der Waals surface area (Å²) in [5, 5.41) is 0. The van der Waals surface area contributed by atoms with Crippen LogP contribution in [0.2, 0.25) is 0 Å². The molecule has 1 heterocycles. The smallest absolute Gasteiger partial charge is 0.275 e. The molecule has 0 saturated carbocycles. The summed E-state index contributed by atoms with van der Waals surface area (Å²) in [6.07, 6.45) is 0. The van der Waals surface area contributed by atoms with Crippen molar-refractivity contribution < 1.29 is 9.69 Å². The second-order valence-corrected chi connectivity index (χ2v) is 5.06. The van der Waals surface area contributed by atoms with Crippen LogP contribution in [0.5, 0.6) is 0 Å². The lowest BCUT2D eigenvalue weighted by atomic mass is 10.1. The molecule has 0 bridgehead atoms. The zero-order chi connectivity index (χ0) is 13.1. The number of para-hydroxylation sites is 1. The van der Waals surface area contributed by atoms with E-state index in [1.54, 1.807) is 0 Å². The van der Waals surface area contributed by atoms with Gasteiger partial charge in [-0.25, -0.2) is 0 Å². The molecular weight excluding hydrogens is 226 g/mol. The Morgan fingerprint density at radius 3 is 2.50 bits per heavy atom. The van der Waals surface area contributed by atoms with Gasteiger partial charge in [0.15, 0.2) is 6.04 Å². The van der Waals surface area contributed by atoms with Crippen molar-refractivity contribution in [3.05, 3.63) is 29.8 Å². The summed E-state index contributed by atoms with van der Waals surface area (Å²) in [6, 6.07) is 8.37. The Balaban J connectivity index is 1.99. The fourth-order valence-corrected chi connectivity index (χ4v) is 2.59. The van der Waals surface area contributed by atoms with Crippen LogP contribution < -0.4 is 15.5 Å². The van der Waals surface area contributed by atoms with Gasteiger partial charge < -0.3 is 15.5 Å². The van der Waals surface area contributed by atoms with Crippen molar-refractivity contribution in [1.29, 1.82) is 0 Å². The highest BCUT2D eigenvalue weighted by atomic mass is 16.1. The summed E-state index contributed by atoms with van der Waals surface area (Å²) in [5.74, 6) is -0.200. The predicted molar refractivity (Wildman–Crippen MR) is 72.7 cm³/mol. The average Bonchev–Trinajstić information content (AvgIpc) is 2.38. The first-order valence-electron chi connectivity index (χ1n) is 6.54. The molecule has 0 unspecified atom stereocenters. The van der Waals surface area contributed by atoms with Gasteiger partial charge in [0.1, 0.15) is 0 Å². The monoisotopic (exact) mass is 248 g/mol. The summed E-state index contributed by atoms with van der Waals surface area (Å²) in [5.41, 5.74) is 7.98. The van der Waals surface area contributed by atoms with Crippen LogP contribution in [0.3, 0.4) is 0 Å². The van der Waals surface area contributed by atoms with Crippen molar-refractivity contribution in [2.45, 2.75) is 19.9 Å². The lowest BCUT2D eigenvalue weighted by Crippen LogP contribution is -3.19. The number of carbonyl (C=O) groups excluding carboxylic acids is 1. The number of nitrogens with one attached hydrogen (secondary N) is 1. The van der Waals surface area contributed by atoms with Crippen LogP contribution in [0.1, 0.15) is 12.5 Å². The van der Waals surface area contributed by atoms with E-state index in [4.69, 9.17) is 5.73 Å². The number of nitrogens with zero attached hydrogens (tertiary/aromatic N) is 1. The molecule has 1 atom stereocenters. The number of amides is 1. The molecule has 2 rings (SSSR count).